The van der Waals surface area contributed by atoms with E-state index in [9.17, 15) is 10.2 Å². The molecule has 2 N–H and O–H groups in total. The number of hydrogen-bond donors (Lipinski definition) is 2. The van der Waals surface area contributed by atoms with Crippen molar-refractivity contribution in [1.29, 1.82) is 0 Å². The molecule has 2 aromatic rings. The Labute approximate surface area is 210 Å². The molecule has 2 saturated heterocycles. The Morgan fingerprint density at radius 2 is 1.49 bits per heavy atom. The maximum atomic E-state index is 9.65. The Bertz CT molecular complexity index is 950. The highest BCUT2D eigenvalue weighted by Gasteiger charge is 2.20. The van der Waals surface area contributed by atoms with Crippen molar-refractivity contribution in [3.8, 4) is 22.6 Å². The van der Waals surface area contributed by atoms with Gasteiger partial charge < -0.3 is 29.5 Å². The lowest BCUT2D eigenvalue weighted by Gasteiger charge is -2.17. The number of aliphatic hydroxyl groups is 2. The molecule has 35 heavy (non-hydrogen) atoms. The minimum atomic E-state index is -0.158. The number of benzene rings is 2. The standard InChI is InChI=1S/C29H42N2O4/c1-22-19-26(34-18-6-14-31-16-12-25(33)21-31)9-10-27(22)28-7-5-8-29(23(28)2)35-17-4-3-13-30-15-11-24(32)20-30/h5,7-10,19,24-25,32-33H,3-4,6,11-18,20-21H2,1-2H3. The van der Waals surface area contributed by atoms with Gasteiger partial charge in [0.25, 0.3) is 0 Å². The quantitative estimate of drug-likeness (QED) is 0.446. The molecule has 0 aliphatic carbocycles. The number of aliphatic hydroxyl groups excluding tert-OH is 2. The van der Waals surface area contributed by atoms with Gasteiger partial charge in [-0.25, -0.2) is 0 Å². The Hall–Kier alpha value is -2.12. The van der Waals surface area contributed by atoms with Gasteiger partial charge in [0.2, 0.25) is 0 Å². The van der Waals surface area contributed by atoms with Crippen LogP contribution in [0.5, 0.6) is 11.5 Å². The summed E-state index contributed by atoms with van der Waals surface area (Å²) in [6.07, 6.45) is 4.56. The Morgan fingerprint density at radius 1 is 0.800 bits per heavy atom. The summed E-state index contributed by atoms with van der Waals surface area (Å²) in [6.45, 7) is 11.3. The molecule has 6 heteroatoms. The second-order valence-corrected chi connectivity index (χ2v) is 10.1. The number of β-amino-alcohol motifs (C(OH)–C–C–N with tert-alkyl or cyclic N) is 2. The molecule has 2 atom stereocenters. The summed E-state index contributed by atoms with van der Waals surface area (Å²) < 4.78 is 12.2. The summed E-state index contributed by atoms with van der Waals surface area (Å²) in [5.74, 6) is 1.86. The molecule has 0 amide bonds. The predicted molar refractivity (Wildman–Crippen MR) is 140 cm³/mol. The summed E-state index contributed by atoms with van der Waals surface area (Å²) in [6, 6.07) is 12.6. The molecule has 192 valence electrons. The van der Waals surface area contributed by atoms with Gasteiger partial charge in [-0.15, -0.1) is 0 Å². The molecule has 2 aromatic carbocycles. The molecule has 2 aliphatic rings. The number of rotatable bonds is 12. The number of likely N-dealkylation sites (tertiary alicyclic amines) is 2. The van der Waals surface area contributed by atoms with Gasteiger partial charge in [-0.3, -0.25) is 0 Å². The summed E-state index contributed by atoms with van der Waals surface area (Å²) >= 11 is 0. The lowest BCUT2D eigenvalue weighted by Crippen LogP contribution is -2.24. The molecule has 0 bridgehead atoms. The monoisotopic (exact) mass is 482 g/mol. The predicted octanol–water partition coefficient (Wildman–Crippen LogP) is 4.03. The van der Waals surface area contributed by atoms with E-state index in [1.807, 2.05) is 0 Å². The molecule has 6 nitrogen and oxygen atoms in total. The van der Waals surface area contributed by atoms with E-state index in [1.54, 1.807) is 0 Å². The molecule has 4 rings (SSSR count). The van der Waals surface area contributed by atoms with E-state index < -0.39 is 0 Å². The molecule has 2 aliphatic heterocycles. The summed E-state index contributed by atoms with van der Waals surface area (Å²) in [5, 5.41) is 19.3. The van der Waals surface area contributed by atoms with Crippen LogP contribution in [0.3, 0.4) is 0 Å². The molecule has 0 aromatic heterocycles. The maximum absolute atomic E-state index is 9.65. The number of hydrogen-bond acceptors (Lipinski definition) is 6. The smallest absolute Gasteiger partial charge is 0.122 e. The second-order valence-electron chi connectivity index (χ2n) is 10.1. The number of aryl methyl sites for hydroxylation is 1. The maximum Gasteiger partial charge on any atom is 0.122 e. The third kappa shape index (κ3) is 7.43. The fourth-order valence-corrected chi connectivity index (χ4v) is 5.22. The van der Waals surface area contributed by atoms with Gasteiger partial charge in [-0.05, 0) is 92.9 Å². The number of nitrogens with zero attached hydrogens (tertiary/aromatic N) is 2. The molecule has 2 heterocycles. The fourth-order valence-electron chi connectivity index (χ4n) is 5.22. The van der Waals surface area contributed by atoms with Gasteiger partial charge in [-0.1, -0.05) is 18.2 Å². The van der Waals surface area contributed by atoms with Gasteiger partial charge in [0, 0.05) is 32.7 Å². The van der Waals surface area contributed by atoms with Gasteiger partial charge in [0.05, 0.1) is 25.4 Å². The van der Waals surface area contributed by atoms with Gasteiger partial charge in [0.1, 0.15) is 11.5 Å². The largest absolute Gasteiger partial charge is 0.494 e. The van der Waals surface area contributed by atoms with Crippen LogP contribution in [0.25, 0.3) is 11.1 Å². The van der Waals surface area contributed by atoms with Crippen LogP contribution in [0.4, 0.5) is 0 Å². The van der Waals surface area contributed by atoms with Crippen LogP contribution in [-0.2, 0) is 0 Å². The van der Waals surface area contributed by atoms with Gasteiger partial charge in [0.15, 0.2) is 0 Å². The van der Waals surface area contributed by atoms with Crippen molar-refractivity contribution in [2.45, 2.75) is 58.2 Å². The van der Waals surface area contributed by atoms with Crippen molar-refractivity contribution in [3.05, 3.63) is 47.5 Å². The van der Waals surface area contributed by atoms with E-state index in [4.69, 9.17) is 9.47 Å². The van der Waals surface area contributed by atoms with Crippen LogP contribution in [0.1, 0.15) is 43.2 Å². The van der Waals surface area contributed by atoms with Crippen molar-refractivity contribution in [1.82, 2.24) is 9.80 Å². The summed E-state index contributed by atoms with van der Waals surface area (Å²) in [5.41, 5.74) is 4.77. The molecular weight excluding hydrogens is 440 g/mol. The SMILES string of the molecule is Cc1cc(OCCCN2CCC(O)C2)ccc1-c1cccc(OCCCCN2CCC(O)C2)c1C. The van der Waals surface area contributed by atoms with Crippen LogP contribution < -0.4 is 9.47 Å². The van der Waals surface area contributed by atoms with Gasteiger partial charge >= 0.3 is 0 Å². The second kappa shape index (κ2) is 12.7. The highest BCUT2D eigenvalue weighted by atomic mass is 16.5. The lowest BCUT2D eigenvalue weighted by atomic mass is 9.96. The van der Waals surface area contributed by atoms with Crippen molar-refractivity contribution in [2.75, 3.05) is 52.5 Å². The van der Waals surface area contributed by atoms with E-state index in [2.05, 4.69) is 60.0 Å². The van der Waals surface area contributed by atoms with Crippen LogP contribution in [0.15, 0.2) is 36.4 Å². The molecule has 0 spiro atoms. The average molecular weight is 483 g/mol. The van der Waals surface area contributed by atoms with E-state index in [0.29, 0.717) is 13.2 Å². The highest BCUT2D eigenvalue weighted by Crippen LogP contribution is 2.33. The highest BCUT2D eigenvalue weighted by molar-refractivity contribution is 5.73. The van der Waals surface area contributed by atoms with Crippen LogP contribution >= 0.6 is 0 Å². The van der Waals surface area contributed by atoms with Crippen molar-refractivity contribution < 1.29 is 19.7 Å². The zero-order valence-electron chi connectivity index (χ0n) is 21.4. The molecule has 0 radical (unpaired) electrons. The van der Waals surface area contributed by atoms with Crippen LogP contribution in [0.2, 0.25) is 0 Å². The lowest BCUT2D eigenvalue weighted by molar-refractivity contribution is 0.173. The normalized spacial score (nSPS) is 21.0. The van der Waals surface area contributed by atoms with E-state index in [0.717, 1.165) is 82.9 Å². The van der Waals surface area contributed by atoms with E-state index in [-0.39, 0.29) is 12.2 Å². The Kier molecular flexibility index (Phi) is 9.44. The van der Waals surface area contributed by atoms with Crippen molar-refractivity contribution >= 4 is 0 Å². The molecular formula is C29H42N2O4. The minimum absolute atomic E-state index is 0.142. The first-order valence-corrected chi connectivity index (χ1v) is 13.3. The number of ether oxygens (including phenoxy) is 2. The summed E-state index contributed by atoms with van der Waals surface area (Å²) in [7, 11) is 0. The molecule has 2 unspecified atom stereocenters. The third-order valence-corrected chi connectivity index (χ3v) is 7.28. The number of unbranched alkanes of at least 4 members (excludes halogenated alkanes) is 1. The Morgan fingerprint density at radius 3 is 2.14 bits per heavy atom. The molecule has 2 fully saturated rings. The van der Waals surface area contributed by atoms with E-state index in [1.165, 1.54) is 22.3 Å². The average Bonchev–Trinajstić information content (AvgIpc) is 3.45. The van der Waals surface area contributed by atoms with Crippen molar-refractivity contribution in [2.24, 2.45) is 0 Å². The first-order chi connectivity index (χ1) is 17.0. The van der Waals surface area contributed by atoms with Crippen molar-refractivity contribution in [3.63, 3.8) is 0 Å². The zero-order valence-corrected chi connectivity index (χ0v) is 21.4. The topological polar surface area (TPSA) is 65.4 Å². The fraction of sp³-hybridized carbons (Fsp3) is 0.586. The summed E-state index contributed by atoms with van der Waals surface area (Å²) in [4.78, 5) is 4.64. The first kappa shape index (κ1) is 26.0. The van der Waals surface area contributed by atoms with Crippen LogP contribution in [-0.4, -0.2) is 84.7 Å². The zero-order chi connectivity index (χ0) is 24.6. The Balaban J connectivity index is 1.25. The van der Waals surface area contributed by atoms with E-state index >= 15 is 0 Å². The van der Waals surface area contributed by atoms with Gasteiger partial charge in [-0.2, -0.15) is 0 Å². The first-order valence-electron chi connectivity index (χ1n) is 13.3. The van der Waals surface area contributed by atoms with Crippen LogP contribution in [0, 0.1) is 13.8 Å². The third-order valence-electron chi connectivity index (χ3n) is 7.28. The minimum Gasteiger partial charge on any atom is -0.494 e. The molecule has 0 saturated carbocycles.